The molecule has 4 rings (SSSR count). The fourth-order valence-electron chi connectivity index (χ4n) is 3.77. The van der Waals surface area contributed by atoms with E-state index in [-0.39, 0.29) is 11.7 Å². The van der Waals surface area contributed by atoms with Gasteiger partial charge in [0, 0.05) is 18.2 Å². The van der Waals surface area contributed by atoms with Crippen LogP contribution in [0.4, 0.5) is 4.39 Å². The molecular weight excluding hydrogens is 383 g/mol. The van der Waals surface area contributed by atoms with Crippen LogP contribution in [0.5, 0.6) is 5.75 Å². The summed E-state index contributed by atoms with van der Waals surface area (Å²) in [6, 6.07) is 15.3. The molecule has 1 amide bonds. The summed E-state index contributed by atoms with van der Waals surface area (Å²) in [6.07, 6.45) is 1.43. The summed E-state index contributed by atoms with van der Waals surface area (Å²) in [4.78, 5) is 17.7. The predicted molar refractivity (Wildman–Crippen MR) is 111 cm³/mol. The van der Waals surface area contributed by atoms with Gasteiger partial charge >= 0.3 is 0 Å². The van der Waals surface area contributed by atoms with Crippen molar-refractivity contribution in [3.63, 3.8) is 0 Å². The van der Waals surface area contributed by atoms with Crippen molar-refractivity contribution in [3.05, 3.63) is 94.6 Å². The molecule has 30 heavy (non-hydrogen) atoms. The first-order valence-electron chi connectivity index (χ1n) is 9.86. The van der Waals surface area contributed by atoms with Crippen molar-refractivity contribution in [2.24, 2.45) is 0 Å². The van der Waals surface area contributed by atoms with Crippen LogP contribution in [0.2, 0.25) is 0 Å². The van der Waals surface area contributed by atoms with Crippen LogP contribution in [0.15, 0.2) is 60.8 Å². The minimum Gasteiger partial charge on any atom is -0.491 e. The largest absolute Gasteiger partial charge is 0.491 e. The Labute approximate surface area is 174 Å². The standard InChI is InChI=1S/C24H23FN2O3/c1-15-5-10-19(14-20(15)25)24(11-13-30-21-4-3-12-26-22(21)24)27-23(29)18-8-6-17(7-9-18)16(2)28/h3-10,12,14,16,28H,11,13H2,1-2H3,(H,27,29)/t16?,24-/m0/s1. The molecule has 6 heteroatoms. The highest BCUT2D eigenvalue weighted by atomic mass is 19.1. The number of hydrogen-bond acceptors (Lipinski definition) is 4. The molecule has 1 aliphatic rings. The number of aliphatic hydroxyl groups is 1. The number of rotatable bonds is 4. The highest BCUT2D eigenvalue weighted by molar-refractivity contribution is 5.95. The van der Waals surface area contributed by atoms with Crippen molar-refractivity contribution in [2.45, 2.75) is 31.9 Å². The van der Waals surface area contributed by atoms with Gasteiger partial charge in [-0.3, -0.25) is 9.78 Å². The zero-order chi connectivity index (χ0) is 21.3. The summed E-state index contributed by atoms with van der Waals surface area (Å²) in [5.74, 6) is -0.0903. The van der Waals surface area contributed by atoms with E-state index < -0.39 is 11.6 Å². The number of pyridine rings is 1. The van der Waals surface area contributed by atoms with Crippen LogP contribution < -0.4 is 10.1 Å². The van der Waals surface area contributed by atoms with Gasteiger partial charge in [-0.1, -0.05) is 24.3 Å². The molecule has 1 aromatic heterocycles. The van der Waals surface area contributed by atoms with E-state index in [2.05, 4.69) is 10.3 Å². The number of carbonyl (C=O) groups excluding carboxylic acids is 1. The number of aryl methyl sites for hydroxylation is 1. The van der Waals surface area contributed by atoms with E-state index in [1.165, 1.54) is 6.07 Å². The summed E-state index contributed by atoms with van der Waals surface area (Å²) in [6.45, 7) is 3.72. The van der Waals surface area contributed by atoms with Gasteiger partial charge in [0.05, 0.1) is 12.7 Å². The molecule has 2 atom stereocenters. The minimum atomic E-state index is -1.02. The Bertz CT molecular complexity index is 1080. The number of halogens is 1. The molecule has 1 aliphatic heterocycles. The Balaban J connectivity index is 1.79. The number of fused-ring (bicyclic) bond motifs is 1. The maximum Gasteiger partial charge on any atom is 0.252 e. The highest BCUT2D eigenvalue weighted by Gasteiger charge is 2.42. The third kappa shape index (κ3) is 3.55. The molecule has 0 fully saturated rings. The number of hydrogen-bond donors (Lipinski definition) is 2. The van der Waals surface area contributed by atoms with Gasteiger partial charge in [-0.25, -0.2) is 4.39 Å². The van der Waals surface area contributed by atoms with E-state index in [0.29, 0.717) is 41.2 Å². The average molecular weight is 406 g/mol. The molecule has 0 spiro atoms. The zero-order valence-corrected chi connectivity index (χ0v) is 16.9. The fourth-order valence-corrected chi connectivity index (χ4v) is 3.77. The van der Waals surface area contributed by atoms with Gasteiger partial charge in [-0.2, -0.15) is 0 Å². The monoisotopic (exact) mass is 406 g/mol. The molecule has 0 saturated carbocycles. The van der Waals surface area contributed by atoms with Gasteiger partial charge in [-0.05, 0) is 60.9 Å². The number of carbonyl (C=O) groups is 1. The lowest BCUT2D eigenvalue weighted by molar-refractivity contribution is 0.0883. The Morgan fingerprint density at radius 1 is 1.23 bits per heavy atom. The van der Waals surface area contributed by atoms with Crippen LogP contribution in [0.3, 0.4) is 0 Å². The maximum absolute atomic E-state index is 14.5. The Morgan fingerprint density at radius 3 is 2.70 bits per heavy atom. The van der Waals surface area contributed by atoms with Gasteiger partial charge in [0.15, 0.2) is 0 Å². The number of nitrogens with one attached hydrogen (secondary N) is 1. The van der Waals surface area contributed by atoms with Crippen molar-refractivity contribution < 1.29 is 19.0 Å². The second-order valence-electron chi connectivity index (χ2n) is 7.57. The van der Waals surface area contributed by atoms with Crippen LogP contribution in [0.1, 0.15) is 52.2 Å². The predicted octanol–water partition coefficient (Wildman–Crippen LogP) is 4.04. The van der Waals surface area contributed by atoms with E-state index in [9.17, 15) is 14.3 Å². The summed E-state index contributed by atoms with van der Waals surface area (Å²) < 4.78 is 20.2. The Kier molecular flexibility index (Phi) is 5.26. The Morgan fingerprint density at radius 2 is 2.00 bits per heavy atom. The van der Waals surface area contributed by atoms with Gasteiger partial charge in [0.2, 0.25) is 0 Å². The molecule has 0 aliphatic carbocycles. The zero-order valence-electron chi connectivity index (χ0n) is 16.9. The molecular formula is C24H23FN2O3. The first-order valence-corrected chi connectivity index (χ1v) is 9.86. The second kappa shape index (κ2) is 7.88. The van der Waals surface area contributed by atoms with Gasteiger partial charge in [0.25, 0.3) is 5.91 Å². The van der Waals surface area contributed by atoms with Gasteiger partial charge in [0.1, 0.15) is 22.8 Å². The SMILES string of the molecule is Cc1ccc([C@@]2(NC(=O)c3ccc(C(C)O)cc3)CCOc3cccnc32)cc1F. The van der Waals surface area contributed by atoms with Crippen LogP contribution in [0, 0.1) is 12.7 Å². The van der Waals surface area contributed by atoms with E-state index in [1.54, 1.807) is 62.5 Å². The lowest BCUT2D eigenvalue weighted by Crippen LogP contribution is -2.50. The minimum absolute atomic E-state index is 0.313. The molecule has 2 N–H and O–H groups in total. The molecule has 0 saturated heterocycles. The smallest absolute Gasteiger partial charge is 0.252 e. The molecule has 3 aromatic rings. The maximum atomic E-state index is 14.5. The molecule has 1 unspecified atom stereocenters. The number of ether oxygens (including phenoxy) is 1. The topological polar surface area (TPSA) is 71.5 Å². The Hall–Kier alpha value is -3.25. The van der Waals surface area contributed by atoms with Crippen molar-refractivity contribution in [3.8, 4) is 5.75 Å². The molecule has 0 bridgehead atoms. The van der Waals surface area contributed by atoms with Crippen LogP contribution in [-0.2, 0) is 5.54 Å². The lowest BCUT2D eigenvalue weighted by atomic mass is 9.80. The van der Waals surface area contributed by atoms with E-state index >= 15 is 0 Å². The first kappa shape index (κ1) is 20.0. The van der Waals surface area contributed by atoms with Crippen molar-refractivity contribution in [1.82, 2.24) is 10.3 Å². The number of amides is 1. The van der Waals surface area contributed by atoms with E-state index in [4.69, 9.17) is 4.74 Å². The van der Waals surface area contributed by atoms with Gasteiger partial charge in [-0.15, -0.1) is 0 Å². The van der Waals surface area contributed by atoms with Crippen molar-refractivity contribution in [1.29, 1.82) is 0 Å². The van der Waals surface area contributed by atoms with Gasteiger partial charge < -0.3 is 15.2 Å². The molecule has 2 heterocycles. The molecule has 0 radical (unpaired) electrons. The molecule has 2 aromatic carbocycles. The number of nitrogens with zero attached hydrogens (tertiary/aromatic N) is 1. The summed E-state index contributed by atoms with van der Waals surface area (Å²) in [5, 5.41) is 12.8. The number of benzene rings is 2. The number of aliphatic hydroxyl groups excluding tert-OH is 1. The van der Waals surface area contributed by atoms with Crippen LogP contribution in [-0.4, -0.2) is 22.6 Å². The van der Waals surface area contributed by atoms with E-state index in [0.717, 1.165) is 5.56 Å². The fraction of sp³-hybridized carbons (Fsp3) is 0.250. The third-order valence-electron chi connectivity index (χ3n) is 5.56. The van der Waals surface area contributed by atoms with E-state index in [1.807, 2.05) is 6.07 Å². The van der Waals surface area contributed by atoms with Crippen LogP contribution >= 0.6 is 0 Å². The van der Waals surface area contributed by atoms with Crippen molar-refractivity contribution >= 4 is 5.91 Å². The molecule has 154 valence electrons. The lowest BCUT2D eigenvalue weighted by Gasteiger charge is -2.39. The summed E-state index contributed by atoms with van der Waals surface area (Å²) >= 11 is 0. The summed E-state index contributed by atoms with van der Waals surface area (Å²) in [5.41, 5.74) is 1.83. The normalized spacial score (nSPS) is 18.8. The average Bonchev–Trinajstić information content (AvgIpc) is 2.76. The van der Waals surface area contributed by atoms with Crippen molar-refractivity contribution in [2.75, 3.05) is 6.61 Å². The second-order valence-corrected chi connectivity index (χ2v) is 7.57. The number of aromatic nitrogens is 1. The highest BCUT2D eigenvalue weighted by Crippen LogP contribution is 2.41. The summed E-state index contributed by atoms with van der Waals surface area (Å²) in [7, 11) is 0. The first-order chi connectivity index (χ1) is 14.4. The quantitative estimate of drug-likeness (QED) is 0.686. The third-order valence-corrected chi connectivity index (χ3v) is 5.56. The molecule has 5 nitrogen and oxygen atoms in total. The van der Waals surface area contributed by atoms with Crippen LogP contribution in [0.25, 0.3) is 0 Å².